The number of Topliss-reactive ketones (excluding diaryl/α,β-unsaturated/α-hetero) is 1. The second-order valence-electron chi connectivity index (χ2n) is 8.14. The topological polar surface area (TPSA) is 194 Å². The minimum Gasteiger partial charge on any atom is -0.480 e. The largest absolute Gasteiger partial charge is 0.480 e. The number of guanidine groups is 1. The molecular weight excluding hydrogens is 582 g/mol. The van der Waals surface area contributed by atoms with Crippen LogP contribution in [0, 0.1) is 0 Å². The number of halogens is 4. The third-order valence-corrected chi connectivity index (χ3v) is 5.91. The van der Waals surface area contributed by atoms with Crippen LogP contribution in [0.25, 0.3) is 0 Å². The van der Waals surface area contributed by atoms with Gasteiger partial charge >= 0.3 is 5.97 Å². The number of likely N-dealkylation sites (tertiary alicyclic amines) is 1. The SMILES string of the molecule is Cl.Cl.NC(N)=NCCC[C@H](NC(=O)[C@@H]1CCCN1C(=O)[C@H](N)Cc1ccccc1)C(=O)O.O=C(CCl)CCl. The molecule has 8 N–H and O–H groups in total. The molecule has 1 aliphatic heterocycles. The number of carboxylic acids is 1. The maximum Gasteiger partial charge on any atom is 0.326 e. The summed E-state index contributed by atoms with van der Waals surface area (Å²) >= 11 is 10.0. The molecule has 38 heavy (non-hydrogen) atoms. The van der Waals surface area contributed by atoms with E-state index in [0.29, 0.717) is 32.2 Å². The number of aliphatic imine (C=N–C) groups is 1. The first-order chi connectivity index (χ1) is 17.1. The predicted molar refractivity (Wildman–Crippen MR) is 153 cm³/mol. The lowest BCUT2D eigenvalue weighted by molar-refractivity contribution is -0.144. The summed E-state index contributed by atoms with van der Waals surface area (Å²) in [4.78, 5) is 52.2. The maximum absolute atomic E-state index is 12.8. The molecule has 0 unspecified atom stereocenters. The molecule has 2 amide bonds. The highest BCUT2D eigenvalue weighted by atomic mass is 35.5. The van der Waals surface area contributed by atoms with Crippen molar-refractivity contribution >= 4 is 77.5 Å². The fourth-order valence-electron chi connectivity index (χ4n) is 3.54. The van der Waals surface area contributed by atoms with Crippen molar-refractivity contribution in [3.05, 3.63) is 35.9 Å². The number of carboxylic acid groups (broad SMARTS) is 1. The number of nitrogens with two attached hydrogens (primary N) is 3. The Labute approximate surface area is 244 Å². The quantitative estimate of drug-likeness (QED) is 0.0993. The summed E-state index contributed by atoms with van der Waals surface area (Å²) in [5.41, 5.74) is 17.5. The molecule has 1 aliphatic rings. The van der Waals surface area contributed by atoms with Crippen LogP contribution in [0.1, 0.15) is 31.2 Å². The van der Waals surface area contributed by atoms with Gasteiger partial charge in [-0.05, 0) is 37.7 Å². The molecule has 1 saturated heterocycles. The van der Waals surface area contributed by atoms with Crippen LogP contribution in [-0.2, 0) is 25.6 Å². The Morgan fingerprint density at radius 1 is 1.11 bits per heavy atom. The van der Waals surface area contributed by atoms with Gasteiger partial charge in [0.25, 0.3) is 0 Å². The summed E-state index contributed by atoms with van der Waals surface area (Å²) in [7, 11) is 0. The fraction of sp³-hybridized carbons (Fsp3) is 0.522. The summed E-state index contributed by atoms with van der Waals surface area (Å²) in [5.74, 6) is -2.08. The lowest BCUT2D eigenvalue weighted by atomic mass is 10.0. The molecule has 0 aliphatic carbocycles. The van der Waals surface area contributed by atoms with E-state index < -0.39 is 30.0 Å². The van der Waals surface area contributed by atoms with E-state index in [0.717, 1.165) is 5.56 Å². The lowest BCUT2D eigenvalue weighted by Crippen LogP contribution is -2.54. The number of rotatable bonds is 12. The Morgan fingerprint density at radius 3 is 2.21 bits per heavy atom. The number of nitrogens with one attached hydrogen (secondary N) is 1. The van der Waals surface area contributed by atoms with Crippen molar-refractivity contribution in [1.82, 2.24) is 10.2 Å². The molecule has 2 rings (SSSR count). The molecule has 1 aromatic carbocycles. The molecule has 1 fully saturated rings. The highest BCUT2D eigenvalue weighted by Gasteiger charge is 2.37. The second kappa shape index (κ2) is 20.6. The maximum atomic E-state index is 12.8. The van der Waals surface area contributed by atoms with Gasteiger partial charge in [-0.15, -0.1) is 48.0 Å². The van der Waals surface area contributed by atoms with Gasteiger partial charge in [-0.2, -0.15) is 0 Å². The van der Waals surface area contributed by atoms with Gasteiger partial charge in [0.1, 0.15) is 12.1 Å². The van der Waals surface area contributed by atoms with Gasteiger partial charge in [-0.1, -0.05) is 30.3 Å². The zero-order valence-electron chi connectivity index (χ0n) is 20.8. The number of carbonyl (C=O) groups is 4. The van der Waals surface area contributed by atoms with Gasteiger partial charge in [0.2, 0.25) is 11.8 Å². The summed E-state index contributed by atoms with van der Waals surface area (Å²) in [6, 6.07) is 6.84. The van der Waals surface area contributed by atoms with Crippen LogP contribution in [-0.4, -0.2) is 82.5 Å². The van der Waals surface area contributed by atoms with Crippen molar-refractivity contribution in [2.45, 2.75) is 50.2 Å². The zero-order chi connectivity index (χ0) is 27.1. The standard InChI is InChI=1S/C20H30N6O4.C3H4Cl2O.2ClH/c21-14(12-13-6-2-1-3-7-13)18(28)26-11-5-9-16(26)17(27)25-15(19(29)30)8-4-10-24-20(22)23;4-1-3(6)2-5;;/h1-3,6-7,14-16H,4-5,8-12,21H2,(H,25,27)(H,29,30)(H4,22,23,24);1-2H2;2*1H/t14-,15+,16+;;;/m1.../s1. The number of hydrogen-bond acceptors (Lipinski definition) is 6. The van der Waals surface area contributed by atoms with Crippen molar-refractivity contribution in [3.8, 4) is 0 Å². The first kappa shape index (κ1) is 37.8. The average Bonchev–Trinajstić information content (AvgIpc) is 3.35. The fourth-order valence-corrected chi connectivity index (χ4v) is 3.82. The number of amides is 2. The predicted octanol–water partition coefficient (Wildman–Crippen LogP) is 1.05. The number of ketones is 1. The van der Waals surface area contributed by atoms with E-state index in [-0.39, 0.29) is 67.2 Å². The van der Waals surface area contributed by atoms with Gasteiger partial charge in [0.05, 0.1) is 17.8 Å². The van der Waals surface area contributed by atoms with Crippen molar-refractivity contribution in [2.75, 3.05) is 24.8 Å². The van der Waals surface area contributed by atoms with Crippen LogP contribution in [0.3, 0.4) is 0 Å². The second-order valence-corrected chi connectivity index (χ2v) is 8.67. The van der Waals surface area contributed by atoms with E-state index >= 15 is 0 Å². The summed E-state index contributed by atoms with van der Waals surface area (Å²) < 4.78 is 0. The molecule has 0 radical (unpaired) electrons. The number of alkyl halides is 2. The minimum absolute atomic E-state index is 0. The van der Waals surface area contributed by atoms with Crippen molar-refractivity contribution in [3.63, 3.8) is 0 Å². The highest BCUT2D eigenvalue weighted by molar-refractivity contribution is 6.35. The highest BCUT2D eigenvalue weighted by Crippen LogP contribution is 2.19. The number of aliphatic carboxylic acids is 1. The third-order valence-electron chi connectivity index (χ3n) is 5.31. The third kappa shape index (κ3) is 14.0. The molecule has 3 atom stereocenters. The smallest absolute Gasteiger partial charge is 0.326 e. The van der Waals surface area contributed by atoms with E-state index in [2.05, 4.69) is 10.3 Å². The van der Waals surface area contributed by atoms with Crippen LogP contribution < -0.4 is 22.5 Å². The summed E-state index contributed by atoms with van der Waals surface area (Å²) in [6.07, 6.45) is 2.06. The number of hydrogen-bond donors (Lipinski definition) is 5. The van der Waals surface area contributed by atoms with E-state index in [1.165, 1.54) is 4.90 Å². The van der Waals surface area contributed by atoms with Crippen LogP contribution in [0.4, 0.5) is 0 Å². The van der Waals surface area contributed by atoms with Crippen LogP contribution in [0.2, 0.25) is 0 Å². The average molecular weight is 618 g/mol. The Bertz CT molecular complexity index is 900. The van der Waals surface area contributed by atoms with Crippen LogP contribution in [0.15, 0.2) is 35.3 Å². The number of carbonyl (C=O) groups excluding carboxylic acids is 3. The normalized spacial score (nSPS) is 15.3. The van der Waals surface area contributed by atoms with Gasteiger partial charge < -0.3 is 32.5 Å². The zero-order valence-corrected chi connectivity index (χ0v) is 23.9. The Morgan fingerprint density at radius 2 is 1.71 bits per heavy atom. The molecule has 0 aromatic heterocycles. The van der Waals surface area contributed by atoms with E-state index in [4.69, 9.17) is 40.4 Å². The Balaban J connectivity index is 0. The molecule has 1 heterocycles. The molecule has 1 aromatic rings. The van der Waals surface area contributed by atoms with Gasteiger partial charge in [-0.3, -0.25) is 19.4 Å². The minimum atomic E-state index is -1.15. The first-order valence-electron chi connectivity index (χ1n) is 11.4. The van der Waals surface area contributed by atoms with Gasteiger partial charge in [0.15, 0.2) is 11.7 Å². The van der Waals surface area contributed by atoms with Crippen molar-refractivity contribution < 1.29 is 24.3 Å². The lowest BCUT2D eigenvalue weighted by Gasteiger charge is -2.27. The number of benzene rings is 1. The Hall–Kier alpha value is -2.31. The summed E-state index contributed by atoms with van der Waals surface area (Å²) in [5, 5.41) is 11.9. The van der Waals surface area contributed by atoms with Crippen LogP contribution >= 0.6 is 48.0 Å². The van der Waals surface area contributed by atoms with Gasteiger partial charge in [0, 0.05) is 13.1 Å². The number of nitrogens with zero attached hydrogens (tertiary/aromatic N) is 2. The van der Waals surface area contributed by atoms with E-state index in [1.54, 1.807) is 0 Å². The van der Waals surface area contributed by atoms with Crippen molar-refractivity contribution in [1.29, 1.82) is 0 Å². The molecule has 0 bridgehead atoms. The molecular formula is C23H36Cl4N6O5. The van der Waals surface area contributed by atoms with E-state index in [1.807, 2.05) is 30.3 Å². The first-order valence-corrected chi connectivity index (χ1v) is 12.5. The summed E-state index contributed by atoms with van der Waals surface area (Å²) in [6.45, 7) is 0.687. The molecule has 0 spiro atoms. The van der Waals surface area contributed by atoms with Gasteiger partial charge in [-0.25, -0.2) is 4.79 Å². The molecule has 11 nitrogen and oxygen atoms in total. The molecule has 0 saturated carbocycles. The Kier molecular flexibility index (Phi) is 20.5. The monoisotopic (exact) mass is 616 g/mol. The van der Waals surface area contributed by atoms with E-state index in [9.17, 15) is 24.3 Å². The molecule has 216 valence electrons. The van der Waals surface area contributed by atoms with Crippen LogP contribution in [0.5, 0.6) is 0 Å². The van der Waals surface area contributed by atoms with Crippen molar-refractivity contribution in [2.24, 2.45) is 22.2 Å². The molecule has 15 heteroatoms.